The number of rotatable bonds is 8. The van der Waals surface area contributed by atoms with Crippen molar-refractivity contribution in [1.82, 2.24) is 4.98 Å². The number of nitrogens with zero attached hydrogens (tertiary/aromatic N) is 2. The van der Waals surface area contributed by atoms with Crippen LogP contribution in [0.25, 0.3) is 10.8 Å². The maximum absolute atomic E-state index is 13.0. The number of methoxy groups -OCH3 is 1. The summed E-state index contributed by atoms with van der Waals surface area (Å²) in [5, 5.41) is 1.91. The van der Waals surface area contributed by atoms with Crippen LogP contribution in [0.2, 0.25) is 0 Å². The first-order valence-corrected chi connectivity index (χ1v) is 12.1. The molecule has 0 aliphatic rings. The van der Waals surface area contributed by atoms with Gasteiger partial charge in [0.25, 0.3) is 10.0 Å². The number of esters is 1. The van der Waals surface area contributed by atoms with Crippen LogP contribution < -0.4 is 9.04 Å². The smallest absolute Gasteiger partial charge is 0.338 e. The third kappa shape index (κ3) is 4.76. The Labute approximate surface area is 195 Å². The fourth-order valence-electron chi connectivity index (χ4n) is 3.05. The normalized spacial score (nSPS) is 11.2. The van der Waals surface area contributed by atoms with Gasteiger partial charge < -0.3 is 13.9 Å². The molecule has 8 nitrogen and oxygen atoms in total. The summed E-state index contributed by atoms with van der Waals surface area (Å²) in [6, 6.07) is 16.1. The molecule has 0 spiro atoms. The molecule has 2 aromatic heterocycles. The molecule has 4 aromatic rings. The molecule has 2 aromatic carbocycles. The molecule has 0 fully saturated rings. The van der Waals surface area contributed by atoms with E-state index in [0.717, 1.165) is 9.18 Å². The predicted molar refractivity (Wildman–Crippen MR) is 124 cm³/mol. The molecule has 0 radical (unpaired) electrons. The number of hydrogen-bond acceptors (Lipinski definition) is 8. The lowest BCUT2D eigenvalue weighted by Gasteiger charge is -2.21. The van der Waals surface area contributed by atoms with Crippen LogP contribution in [0.15, 0.2) is 81.6 Å². The quantitative estimate of drug-likeness (QED) is 0.337. The van der Waals surface area contributed by atoms with Gasteiger partial charge >= 0.3 is 5.97 Å². The first kappa shape index (κ1) is 22.6. The van der Waals surface area contributed by atoms with Crippen molar-refractivity contribution in [1.29, 1.82) is 0 Å². The molecule has 170 valence electrons. The third-order valence-electron chi connectivity index (χ3n) is 4.81. The van der Waals surface area contributed by atoms with Crippen LogP contribution in [0, 0.1) is 0 Å². The molecular weight excluding hydrogens is 464 g/mol. The van der Waals surface area contributed by atoms with Gasteiger partial charge in [-0.3, -0.25) is 4.31 Å². The molecule has 0 atom stereocenters. The van der Waals surface area contributed by atoms with Crippen LogP contribution in [0.5, 0.6) is 5.75 Å². The van der Waals surface area contributed by atoms with Gasteiger partial charge in [-0.05, 0) is 47.8 Å². The SMILES string of the molecule is COc1ccccc1N(C)S(=O)(=O)c1ccc(C(=O)OCc2coc(-c3cccs3)n2)cc1. The number of oxazole rings is 1. The molecular formula is C23H20N2O6S2. The average Bonchev–Trinajstić information content (AvgIpc) is 3.54. The minimum atomic E-state index is -3.86. The Kier molecular flexibility index (Phi) is 6.47. The van der Waals surface area contributed by atoms with Crippen LogP contribution in [-0.4, -0.2) is 33.5 Å². The standard InChI is InChI=1S/C23H20N2O6S2/c1-25(19-6-3-4-7-20(19)29-2)33(27,28)18-11-9-16(10-12-18)23(26)31-15-17-14-30-22(24-17)21-8-5-13-32-21/h3-14H,15H2,1-2H3. The van der Waals surface area contributed by atoms with Gasteiger partial charge in [0.2, 0.25) is 5.89 Å². The van der Waals surface area contributed by atoms with Crippen molar-refractivity contribution in [2.45, 2.75) is 11.5 Å². The molecule has 0 saturated heterocycles. The number of para-hydroxylation sites is 2. The summed E-state index contributed by atoms with van der Waals surface area (Å²) in [4.78, 5) is 17.6. The van der Waals surface area contributed by atoms with E-state index in [2.05, 4.69) is 4.98 Å². The van der Waals surface area contributed by atoms with E-state index in [1.807, 2.05) is 17.5 Å². The topological polar surface area (TPSA) is 98.9 Å². The number of thiophene rings is 1. The molecule has 0 aliphatic heterocycles. The Morgan fingerprint density at radius 3 is 2.55 bits per heavy atom. The van der Waals surface area contributed by atoms with Gasteiger partial charge in [0.15, 0.2) is 0 Å². The molecule has 0 N–H and O–H groups in total. The highest BCUT2D eigenvalue weighted by atomic mass is 32.2. The van der Waals surface area contributed by atoms with E-state index in [4.69, 9.17) is 13.9 Å². The minimum absolute atomic E-state index is 0.0320. The third-order valence-corrected chi connectivity index (χ3v) is 7.45. The molecule has 0 aliphatic carbocycles. The van der Waals surface area contributed by atoms with E-state index in [1.165, 1.54) is 56.0 Å². The molecule has 2 heterocycles. The number of benzene rings is 2. The summed E-state index contributed by atoms with van der Waals surface area (Å²) in [7, 11) is -0.945. The van der Waals surface area contributed by atoms with E-state index < -0.39 is 16.0 Å². The van der Waals surface area contributed by atoms with Crippen molar-refractivity contribution < 1.29 is 27.1 Å². The molecule has 0 bridgehead atoms. The number of ether oxygens (including phenoxy) is 2. The zero-order valence-corrected chi connectivity index (χ0v) is 19.4. The largest absolute Gasteiger partial charge is 0.495 e. The van der Waals surface area contributed by atoms with E-state index in [-0.39, 0.29) is 17.1 Å². The van der Waals surface area contributed by atoms with Gasteiger partial charge in [0, 0.05) is 7.05 Å². The second-order valence-corrected chi connectivity index (χ2v) is 9.78. The summed E-state index contributed by atoms with van der Waals surface area (Å²) < 4.78 is 43.1. The van der Waals surface area contributed by atoms with Crippen molar-refractivity contribution >= 4 is 33.0 Å². The summed E-state index contributed by atoms with van der Waals surface area (Å²) in [5.41, 5.74) is 1.10. The number of sulfonamides is 1. The first-order valence-electron chi connectivity index (χ1n) is 9.77. The molecule has 4 rings (SSSR count). The van der Waals surface area contributed by atoms with Gasteiger partial charge in [-0.25, -0.2) is 18.2 Å². The molecule has 0 amide bonds. The van der Waals surface area contributed by atoms with Crippen molar-refractivity contribution in [2.75, 3.05) is 18.5 Å². The fraction of sp³-hybridized carbons (Fsp3) is 0.130. The second-order valence-electron chi connectivity index (χ2n) is 6.87. The van der Waals surface area contributed by atoms with Crippen LogP contribution in [0.1, 0.15) is 16.1 Å². The first-order chi connectivity index (χ1) is 15.9. The Balaban J connectivity index is 1.43. The summed E-state index contributed by atoms with van der Waals surface area (Å²) in [6.45, 7) is -0.0652. The lowest BCUT2D eigenvalue weighted by molar-refractivity contribution is 0.0467. The number of anilines is 1. The van der Waals surface area contributed by atoms with E-state index >= 15 is 0 Å². The number of carbonyl (C=O) groups excluding carboxylic acids is 1. The van der Waals surface area contributed by atoms with Gasteiger partial charge in [-0.2, -0.15) is 0 Å². The van der Waals surface area contributed by atoms with Crippen LogP contribution in [-0.2, 0) is 21.4 Å². The number of carbonyl (C=O) groups is 1. The van der Waals surface area contributed by atoms with E-state index in [1.54, 1.807) is 24.3 Å². The predicted octanol–water partition coefficient (Wildman–Crippen LogP) is 4.59. The van der Waals surface area contributed by atoms with Crippen molar-refractivity contribution in [3.8, 4) is 16.5 Å². The highest BCUT2D eigenvalue weighted by molar-refractivity contribution is 7.92. The number of hydrogen-bond donors (Lipinski definition) is 0. The maximum atomic E-state index is 13.0. The van der Waals surface area contributed by atoms with Crippen molar-refractivity contribution in [2.24, 2.45) is 0 Å². The Morgan fingerprint density at radius 2 is 1.85 bits per heavy atom. The molecule has 10 heteroatoms. The van der Waals surface area contributed by atoms with Gasteiger partial charge in [-0.15, -0.1) is 11.3 Å². The summed E-state index contributed by atoms with van der Waals surface area (Å²) in [5.74, 6) is 0.293. The lowest BCUT2D eigenvalue weighted by atomic mass is 10.2. The van der Waals surface area contributed by atoms with Gasteiger partial charge in [0.1, 0.15) is 24.3 Å². The maximum Gasteiger partial charge on any atom is 0.338 e. The second kappa shape index (κ2) is 9.47. The highest BCUT2D eigenvalue weighted by Crippen LogP contribution is 2.31. The van der Waals surface area contributed by atoms with Crippen LogP contribution in [0.4, 0.5) is 5.69 Å². The highest BCUT2D eigenvalue weighted by Gasteiger charge is 2.24. The summed E-state index contributed by atoms with van der Waals surface area (Å²) in [6.07, 6.45) is 1.44. The number of aromatic nitrogens is 1. The van der Waals surface area contributed by atoms with E-state index in [9.17, 15) is 13.2 Å². The fourth-order valence-corrected chi connectivity index (χ4v) is 4.91. The van der Waals surface area contributed by atoms with E-state index in [0.29, 0.717) is 23.0 Å². The lowest BCUT2D eigenvalue weighted by Crippen LogP contribution is -2.27. The van der Waals surface area contributed by atoms with Crippen molar-refractivity contribution in [3.05, 3.63) is 83.6 Å². The monoisotopic (exact) mass is 484 g/mol. The molecule has 0 saturated carbocycles. The summed E-state index contributed by atoms with van der Waals surface area (Å²) >= 11 is 1.49. The molecule has 33 heavy (non-hydrogen) atoms. The Morgan fingerprint density at radius 1 is 1.09 bits per heavy atom. The average molecular weight is 485 g/mol. The van der Waals surface area contributed by atoms with Crippen LogP contribution in [0.3, 0.4) is 0 Å². The minimum Gasteiger partial charge on any atom is -0.495 e. The van der Waals surface area contributed by atoms with Crippen molar-refractivity contribution in [3.63, 3.8) is 0 Å². The zero-order chi connectivity index (χ0) is 23.4. The Hall–Kier alpha value is -3.63. The van der Waals surface area contributed by atoms with Crippen LogP contribution >= 0.6 is 11.3 Å². The Bertz CT molecular complexity index is 1350. The molecule has 0 unspecified atom stereocenters. The van der Waals surface area contributed by atoms with Gasteiger partial charge in [0.05, 0.1) is 28.1 Å². The van der Waals surface area contributed by atoms with Gasteiger partial charge in [-0.1, -0.05) is 18.2 Å². The zero-order valence-electron chi connectivity index (χ0n) is 17.8.